The van der Waals surface area contributed by atoms with Crippen molar-refractivity contribution in [2.45, 2.75) is 6.92 Å². The summed E-state index contributed by atoms with van der Waals surface area (Å²) in [6, 6.07) is 13.5. The molecule has 0 radical (unpaired) electrons. The number of carbonyl (C=O) groups is 1. The van der Waals surface area contributed by atoms with Crippen LogP contribution in [0.5, 0.6) is 11.5 Å². The zero-order valence-electron chi connectivity index (χ0n) is 14.2. The highest BCUT2D eigenvalue weighted by Crippen LogP contribution is 2.30. The molecule has 0 N–H and O–H groups in total. The molecule has 0 aromatic heterocycles. The first-order valence-corrected chi connectivity index (χ1v) is 7.33. The highest BCUT2D eigenvalue weighted by molar-refractivity contribution is 5.86. The molecular weight excluding hydrogens is 308 g/mol. The van der Waals surface area contributed by atoms with Crippen molar-refractivity contribution < 1.29 is 23.7 Å². The van der Waals surface area contributed by atoms with Crippen LogP contribution in [0.15, 0.2) is 54.5 Å². The van der Waals surface area contributed by atoms with Crippen molar-refractivity contribution in [1.29, 1.82) is 0 Å². The second-order valence-corrected chi connectivity index (χ2v) is 5.02. The predicted octanol–water partition coefficient (Wildman–Crippen LogP) is 3.71. The molecule has 0 unspecified atom stereocenters. The summed E-state index contributed by atoms with van der Waals surface area (Å²) in [5.41, 5.74) is 2.80. The average Bonchev–Trinajstić information content (AvgIpc) is 2.62. The van der Waals surface area contributed by atoms with E-state index in [0.717, 1.165) is 22.4 Å². The summed E-state index contributed by atoms with van der Waals surface area (Å²) < 4.78 is 20.5. The Morgan fingerprint density at radius 1 is 1.00 bits per heavy atom. The third kappa shape index (κ3) is 4.07. The van der Waals surface area contributed by atoms with Gasteiger partial charge in [-0.25, -0.2) is 4.79 Å². The maximum atomic E-state index is 11.7. The minimum Gasteiger partial charge on any atom is -0.500 e. The number of methoxy groups -OCH3 is 3. The van der Waals surface area contributed by atoms with Crippen LogP contribution < -0.4 is 9.47 Å². The largest absolute Gasteiger partial charge is 0.500 e. The van der Waals surface area contributed by atoms with Crippen molar-refractivity contribution in [2.24, 2.45) is 0 Å². The lowest BCUT2D eigenvalue weighted by atomic mass is 10.0. The van der Waals surface area contributed by atoms with Gasteiger partial charge >= 0.3 is 5.97 Å². The Morgan fingerprint density at radius 3 is 2.42 bits per heavy atom. The Labute approximate surface area is 141 Å². The standard InChI is InChI=1S/C19H20O5/c1-13-8-9-15(14-6-5-7-16(10-14)22-3)11-17(13)24-18(12-21-2)19(20)23-4/h5-12H,1-4H3. The number of ether oxygens (including phenoxy) is 4. The third-order valence-corrected chi connectivity index (χ3v) is 3.42. The molecule has 0 atom stereocenters. The monoisotopic (exact) mass is 328 g/mol. The fourth-order valence-corrected chi connectivity index (χ4v) is 2.13. The van der Waals surface area contributed by atoms with Crippen molar-refractivity contribution in [1.82, 2.24) is 0 Å². The molecule has 5 heteroatoms. The van der Waals surface area contributed by atoms with Crippen molar-refractivity contribution in [3.05, 3.63) is 60.0 Å². The smallest absolute Gasteiger partial charge is 0.377 e. The maximum Gasteiger partial charge on any atom is 0.377 e. The highest BCUT2D eigenvalue weighted by Gasteiger charge is 2.15. The lowest BCUT2D eigenvalue weighted by molar-refractivity contribution is -0.138. The SMILES string of the molecule is COC=C(Oc1cc(-c2cccc(OC)c2)ccc1C)C(=O)OC. The van der Waals surface area contributed by atoms with Gasteiger partial charge < -0.3 is 18.9 Å². The van der Waals surface area contributed by atoms with E-state index in [4.69, 9.17) is 18.9 Å². The van der Waals surface area contributed by atoms with Crippen molar-refractivity contribution in [2.75, 3.05) is 21.3 Å². The molecular formula is C19H20O5. The van der Waals surface area contributed by atoms with Gasteiger partial charge in [0.15, 0.2) is 0 Å². The van der Waals surface area contributed by atoms with Crippen LogP contribution in [-0.4, -0.2) is 27.3 Å². The normalized spacial score (nSPS) is 10.9. The Morgan fingerprint density at radius 2 is 1.75 bits per heavy atom. The zero-order valence-corrected chi connectivity index (χ0v) is 14.2. The molecule has 0 aliphatic carbocycles. The predicted molar refractivity (Wildman–Crippen MR) is 90.9 cm³/mol. The van der Waals surface area contributed by atoms with Crippen LogP contribution in [0.2, 0.25) is 0 Å². The Bertz CT molecular complexity index is 749. The molecule has 0 aliphatic rings. The molecule has 0 saturated carbocycles. The quantitative estimate of drug-likeness (QED) is 0.460. The average molecular weight is 328 g/mol. The molecule has 0 bridgehead atoms. The number of esters is 1. The topological polar surface area (TPSA) is 54.0 Å². The fourth-order valence-electron chi connectivity index (χ4n) is 2.13. The summed E-state index contributed by atoms with van der Waals surface area (Å²) in [6.45, 7) is 1.90. The van der Waals surface area contributed by atoms with Crippen LogP contribution in [0.1, 0.15) is 5.56 Å². The van der Waals surface area contributed by atoms with Gasteiger partial charge in [-0.05, 0) is 41.8 Å². The zero-order chi connectivity index (χ0) is 17.5. The molecule has 0 fully saturated rings. The number of aryl methyl sites for hydroxylation is 1. The molecule has 5 nitrogen and oxygen atoms in total. The molecule has 2 rings (SSSR count). The molecule has 0 saturated heterocycles. The van der Waals surface area contributed by atoms with Crippen LogP contribution in [0, 0.1) is 6.92 Å². The van der Waals surface area contributed by atoms with E-state index in [9.17, 15) is 4.79 Å². The lowest BCUT2D eigenvalue weighted by Gasteiger charge is -2.12. The van der Waals surface area contributed by atoms with E-state index in [1.54, 1.807) is 7.11 Å². The first kappa shape index (κ1) is 17.4. The Kier molecular flexibility index (Phi) is 5.84. The summed E-state index contributed by atoms with van der Waals surface area (Å²) in [5, 5.41) is 0. The minimum absolute atomic E-state index is 0.0223. The number of hydrogen-bond acceptors (Lipinski definition) is 5. The summed E-state index contributed by atoms with van der Waals surface area (Å²) in [6.07, 6.45) is 1.21. The van der Waals surface area contributed by atoms with E-state index >= 15 is 0 Å². The molecule has 24 heavy (non-hydrogen) atoms. The van der Waals surface area contributed by atoms with Crippen LogP contribution in [0.4, 0.5) is 0 Å². The first-order valence-electron chi connectivity index (χ1n) is 7.33. The molecule has 2 aromatic carbocycles. The second kappa shape index (κ2) is 8.06. The van der Waals surface area contributed by atoms with Crippen molar-refractivity contribution in [3.8, 4) is 22.6 Å². The van der Waals surface area contributed by atoms with Gasteiger partial charge in [0.1, 0.15) is 17.8 Å². The van der Waals surface area contributed by atoms with E-state index in [-0.39, 0.29) is 5.76 Å². The molecule has 0 aliphatic heterocycles. The summed E-state index contributed by atoms with van der Waals surface area (Å²) in [4.78, 5) is 11.7. The molecule has 0 heterocycles. The van der Waals surface area contributed by atoms with E-state index in [2.05, 4.69) is 0 Å². The Hall–Kier alpha value is -2.95. The van der Waals surface area contributed by atoms with E-state index in [1.807, 2.05) is 49.4 Å². The maximum absolute atomic E-state index is 11.7. The lowest BCUT2D eigenvalue weighted by Crippen LogP contribution is -2.11. The molecule has 2 aromatic rings. The third-order valence-electron chi connectivity index (χ3n) is 3.42. The molecule has 0 spiro atoms. The van der Waals surface area contributed by atoms with Crippen molar-refractivity contribution >= 4 is 5.97 Å². The number of rotatable bonds is 6. The second-order valence-electron chi connectivity index (χ2n) is 5.02. The summed E-state index contributed by atoms with van der Waals surface area (Å²) in [7, 11) is 4.35. The van der Waals surface area contributed by atoms with Gasteiger partial charge in [0, 0.05) is 0 Å². The number of hydrogen-bond donors (Lipinski definition) is 0. The van der Waals surface area contributed by atoms with E-state index in [0.29, 0.717) is 5.75 Å². The van der Waals surface area contributed by atoms with Gasteiger partial charge in [0.2, 0.25) is 5.76 Å². The van der Waals surface area contributed by atoms with E-state index in [1.165, 1.54) is 20.5 Å². The van der Waals surface area contributed by atoms with E-state index < -0.39 is 5.97 Å². The van der Waals surface area contributed by atoms with Gasteiger partial charge in [0.25, 0.3) is 0 Å². The van der Waals surface area contributed by atoms with Gasteiger partial charge in [-0.3, -0.25) is 0 Å². The summed E-state index contributed by atoms with van der Waals surface area (Å²) >= 11 is 0. The van der Waals surface area contributed by atoms with Crippen LogP contribution in [0.25, 0.3) is 11.1 Å². The van der Waals surface area contributed by atoms with Gasteiger partial charge in [0.05, 0.1) is 21.3 Å². The number of carbonyl (C=O) groups excluding carboxylic acids is 1. The Balaban J connectivity index is 2.37. The van der Waals surface area contributed by atoms with Crippen molar-refractivity contribution in [3.63, 3.8) is 0 Å². The summed E-state index contributed by atoms with van der Waals surface area (Å²) in [5.74, 6) is 0.683. The first-order chi connectivity index (χ1) is 11.6. The number of benzene rings is 2. The van der Waals surface area contributed by atoms with Gasteiger partial charge in [-0.2, -0.15) is 0 Å². The molecule has 126 valence electrons. The minimum atomic E-state index is -0.608. The highest BCUT2D eigenvalue weighted by atomic mass is 16.6. The van der Waals surface area contributed by atoms with Gasteiger partial charge in [-0.1, -0.05) is 24.3 Å². The van der Waals surface area contributed by atoms with Gasteiger partial charge in [-0.15, -0.1) is 0 Å². The van der Waals surface area contributed by atoms with Crippen LogP contribution in [-0.2, 0) is 14.3 Å². The van der Waals surface area contributed by atoms with Crippen LogP contribution in [0.3, 0.4) is 0 Å². The fraction of sp³-hybridized carbons (Fsp3) is 0.211. The van der Waals surface area contributed by atoms with Crippen LogP contribution >= 0.6 is 0 Å². The molecule has 0 amide bonds.